The van der Waals surface area contributed by atoms with Gasteiger partial charge >= 0.3 is 5.97 Å². The number of nitrogens with one attached hydrogen (secondary N) is 2. The number of fused-ring (bicyclic) bond motifs is 1. The first-order chi connectivity index (χ1) is 20.2. The highest BCUT2D eigenvalue weighted by Crippen LogP contribution is 2.33. The molecule has 4 aromatic rings. The van der Waals surface area contributed by atoms with E-state index >= 15 is 0 Å². The van der Waals surface area contributed by atoms with Crippen molar-refractivity contribution in [2.24, 2.45) is 0 Å². The van der Waals surface area contributed by atoms with Gasteiger partial charge in [0.15, 0.2) is 11.6 Å². The minimum atomic E-state index is -1.27. The first kappa shape index (κ1) is 30.2. The summed E-state index contributed by atoms with van der Waals surface area (Å²) >= 11 is 5.77. The van der Waals surface area contributed by atoms with Crippen LogP contribution in [-0.2, 0) is 0 Å². The van der Waals surface area contributed by atoms with Gasteiger partial charge in [-0.05, 0) is 53.5 Å². The molecule has 1 aromatic heterocycles. The Morgan fingerprint density at radius 1 is 1.14 bits per heavy atom. The zero-order valence-corrected chi connectivity index (χ0v) is 23.6. The standard InChI is InChI=1S/C32H28ClF2N3O4/c1-4-6-26(19-8-11-21(34)12-9-19)38-31(39)20-10-13-22(24(15-20)32(40)41)18(2)23(7-5-14-33)30-36-27-16-25(35)29(42-3)17-28(27)37-30/h5,7-17,26H,2,4,6H2,1,3H3,(H,36,37)(H,38,39)(H,40,41)/b14-5-,23-7+. The Labute approximate surface area is 246 Å². The molecule has 0 aliphatic rings. The summed E-state index contributed by atoms with van der Waals surface area (Å²) < 4.78 is 32.8. The second-order valence-corrected chi connectivity index (χ2v) is 9.65. The molecule has 0 saturated heterocycles. The van der Waals surface area contributed by atoms with Gasteiger partial charge in [-0.25, -0.2) is 18.6 Å². The van der Waals surface area contributed by atoms with E-state index in [1.165, 1.54) is 61.2 Å². The number of aromatic amines is 1. The maximum absolute atomic E-state index is 14.3. The number of halogens is 3. The largest absolute Gasteiger partial charge is 0.494 e. The molecule has 7 nitrogen and oxygen atoms in total. The number of carbonyl (C=O) groups excluding carboxylic acids is 1. The highest BCUT2D eigenvalue weighted by molar-refractivity contribution is 6.25. The first-order valence-electron chi connectivity index (χ1n) is 13.0. The number of carboxylic acid groups (broad SMARTS) is 1. The zero-order valence-electron chi connectivity index (χ0n) is 22.9. The van der Waals surface area contributed by atoms with Crippen LogP contribution in [0.25, 0.3) is 22.2 Å². The molecule has 42 heavy (non-hydrogen) atoms. The fraction of sp³-hybridized carbons (Fsp3) is 0.156. The highest BCUT2D eigenvalue weighted by Gasteiger charge is 2.22. The van der Waals surface area contributed by atoms with Crippen molar-refractivity contribution in [2.75, 3.05) is 7.11 Å². The van der Waals surface area contributed by atoms with Gasteiger partial charge in [0.25, 0.3) is 5.91 Å². The van der Waals surface area contributed by atoms with Crippen LogP contribution in [0.4, 0.5) is 8.78 Å². The lowest BCUT2D eigenvalue weighted by molar-refractivity contribution is 0.0696. The fourth-order valence-corrected chi connectivity index (χ4v) is 4.64. The molecular formula is C32H28ClF2N3O4. The van der Waals surface area contributed by atoms with Crippen molar-refractivity contribution in [3.05, 3.63) is 119 Å². The Balaban J connectivity index is 1.69. The van der Waals surface area contributed by atoms with Crippen LogP contribution >= 0.6 is 11.6 Å². The molecule has 1 heterocycles. The van der Waals surface area contributed by atoms with Crippen molar-refractivity contribution in [1.29, 1.82) is 0 Å². The number of ether oxygens (including phenoxy) is 1. The van der Waals surface area contributed by atoms with Gasteiger partial charge in [-0.15, -0.1) is 0 Å². The van der Waals surface area contributed by atoms with Crippen molar-refractivity contribution < 1.29 is 28.2 Å². The molecule has 0 spiro atoms. The van der Waals surface area contributed by atoms with Crippen LogP contribution in [0.5, 0.6) is 5.75 Å². The zero-order chi connectivity index (χ0) is 30.4. The van der Waals surface area contributed by atoms with Gasteiger partial charge in [-0.3, -0.25) is 4.79 Å². The number of benzene rings is 3. The average Bonchev–Trinajstić information content (AvgIpc) is 3.38. The Hall–Kier alpha value is -4.76. The molecule has 1 atom stereocenters. The predicted molar refractivity (Wildman–Crippen MR) is 160 cm³/mol. The smallest absolute Gasteiger partial charge is 0.336 e. The monoisotopic (exact) mass is 591 g/mol. The van der Waals surface area contributed by atoms with Crippen molar-refractivity contribution in [2.45, 2.75) is 25.8 Å². The summed E-state index contributed by atoms with van der Waals surface area (Å²) in [5.74, 6) is -2.40. The topological polar surface area (TPSA) is 104 Å². The molecule has 0 aliphatic carbocycles. The van der Waals surface area contributed by atoms with Gasteiger partial charge in [0, 0.05) is 28.8 Å². The van der Waals surface area contributed by atoms with E-state index < -0.39 is 17.7 Å². The van der Waals surface area contributed by atoms with E-state index in [1.54, 1.807) is 18.2 Å². The van der Waals surface area contributed by atoms with Crippen LogP contribution in [0.1, 0.15) is 63.5 Å². The molecule has 4 rings (SSSR count). The summed E-state index contributed by atoms with van der Waals surface area (Å²) in [6.45, 7) is 6.08. The second-order valence-electron chi connectivity index (χ2n) is 9.40. The fourth-order valence-electron chi connectivity index (χ4n) is 4.57. The lowest BCUT2D eigenvalue weighted by Gasteiger charge is -2.19. The Morgan fingerprint density at radius 3 is 2.52 bits per heavy atom. The molecule has 0 saturated carbocycles. The van der Waals surface area contributed by atoms with Crippen LogP contribution in [0, 0.1) is 11.6 Å². The van der Waals surface area contributed by atoms with E-state index in [4.69, 9.17) is 16.3 Å². The molecule has 0 radical (unpaired) electrons. The van der Waals surface area contributed by atoms with Gasteiger partial charge in [-0.2, -0.15) is 0 Å². The van der Waals surface area contributed by atoms with E-state index in [-0.39, 0.29) is 45.7 Å². The average molecular weight is 592 g/mol. The molecule has 216 valence electrons. The number of aromatic carboxylic acids is 1. The number of carboxylic acids is 1. The number of amides is 1. The van der Waals surface area contributed by atoms with Crippen LogP contribution in [0.15, 0.2) is 78.9 Å². The maximum Gasteiger partial charge on any atom is 0.336 e. The molecule has 3 N–H and O–H groups in total. The molecule has 1 unspecified atom stereocenters. The SMILES string of the molecule is C=C(/C(=C\C=C/Cl)c1nc2cc(OC)c(F)cc2[nH]1)c1ccc(C(=O)NC(CCC)c2ccc(F)cc2)cc1C(=O)O. The van der Waals surface area contributed by atoms with Crippen molar-refractivity contribution in [3.63, 3.8) is 0 Å². The summed E-state index contributed by atoms with van der Waals surface area (Å²) in [5, 5.41) is 13.0. The van der Waals surface area contributed by atoms with Crippen LogP contribution < -0.4 is 10.1 Å². The lowest BCUT2D eigenvalue weighted by atomic mass is 9.92. The van der Waals surface area contributed by atoms with Gasteiger partial charge < -0.3 is 20.1 Å². The number of hydrogen-bond acceptors (Lipinski definition) is 4. The number of imidazole rings is 1. The van der Waals surface area contributed by atoms with Crippen molar-refractivity contribution in [1.82, 2.24) is 15.3 Å². The number of aromatic nitrogens is 2. The number of allylic oxidation sites excluding steroid dienone is 4. The van der Waals surface area contributed by atoms with Crippen LogP contribution in [-0.4, -0.2) is 34.1 Å². The number of nitrogens with zero attached hydrogens (tertiary/aromatic N) is 1. The third kappa shape index (κ3) is 6.58. The van der Waals surface area contributed by atoms with Crippen molar-refractivity contribution in [3.8, 4) is 5.75 Å². The quantitative estimate of drug-likeness (QED) is 0.155. The van der Waals surface area contributed by atoms with Gasteiger partial charge in [0.2, 0.25) is 0 Å². The third-order valence-corrected chi connectivity index (χ3v) is 6.81. The number of hydrogen-bond donors (Lipinski definition) is 3. The van der Waals surface area contributed by atoms with Crippen molar-refractivity contribution >= 4 is 45.7 Å². The number of rotatable bonds is 11. The summed E-state index contributed by atoms with van der Waals surface area (Å²) in [6.07, 6.45) is 4.47. The van der Waals surface area contributed by atoms with E-state index in [9.17, 15) is 23.5 Å². The predicted octanol–water partition coefficient (Wildman–Crippen LogP) is 7.67. The minimum Gasteiger partial charge on any atom is -0.494 e. The van der Waals surface area contributed by atoms with Gasteiger partial charge in [-0.1, -0.05) is 55.8 Å². The molecular weight excluding hydrogens is 564 g/mol. The summed E-state index contributed by atoms with van der Waals surface area (Å²) in [4.78, 5) is 33.1. The number of methoxy groups -OCH3 is 1. The second kappa shape index (κ2) is 13.3. The molecule has 0 bridgehead atoms. The van der Waals surface area contributed by atoms with E-state index in [1.807, 2.05) is 6.92 Å². The van der Waals surface area contributed by atoms with Crippen LogP contribution in [0.2, 0.25) is 0 Å². The molecule has 0 fully saturated rings. The van der Waals surface area contributed by atoms with E-state index in [0.717, 1.165) is 12.0 Å². The Morgan fingerprint density at radius 2 is 1.88 bits per heavy atom. The van der Waals surface area contributed by atoms with E-state index in [2.05, 4.69) is 21.9 Å². The number of H-pyrrole nitrogens is 1. The van der Waals surface area contributed by atoms with E-state index in [0.29, 0.717) is 23.0 Å². The lowest BCUT2D eigenvalue weighted by Crippen LogP contribution is -2.28. The summed E-state index contributed by atoms with van der Waals surface area (Å²) in [5.41, 5.74) is 3.68. The Kier molecular flexibility index (Phi) is 9.54. The summed E-state index contributed by atoms with van der Waals surface area (Å²) in [7, 11) is 1.35. The highest BCUT2D eigenvalue weighted by atomic mass is 35.5. The minimum absolute atomic E-state index is 0.0215. The normalized spacial score (nSPS) is 12.5. The summed E-state index contributed by atoms with van der Waals surface area (Å²) in [6, 6.07) is 12.4. The van der Waals surface area contributed by atoms with Gasteiger partial charge in [0.05, 0.1) is 29.7 Å². The molecule has 0 aliphatic heterocycles. The van der Waals surface area contributed by atoms with Gasteiger partial charge in [0.1, 0.15) is 11.6 Å². The molecule has 1 amide bonds. The molecule has 10 heteroatoms. The third-order valence-electron chi connectivity index (χ3n) is 6.66. The van der Waals surface area contributed by atoms with Crippen LogP contribution in [0.3, 0.4) is 0 Å². The molecule has 3 aromatic carbocycles. The first-order valence-corrected chi connectivity index (χ1v) is 13.4. The maximum atomic E-state index is 14.3. The Bertz CT molecular complexity index is 1710. The number of carbonyl (C=O) groups is 2.